The molecule has 0 aliphatic carbocycles. The van der Waals surface area contributed by atoms with Gasteiger partial charge in [0, 0.05) is 18.7 Å². The predicted octanol–water partition coefficient (Wildman–Crippen LogP) is 1.14. The molecule has 2 fully saturated rings. The number of rotatable bonds is 4. The van der Waals surface area contributed by atoms with E-state index in [4.69, 9.17) is 5.11 Å². The molecule has 112 valence electrons. The maximum atomic E-state index is 12.2. The molecular weight excluding hydrogens is 268 g/mol. The molecule has 2 N–H and O–H groups in total. The molecule has 2 saturated heterocycles. The number of carbonyl (C=O) groups excluding carboxylic acids is 1. The van der Waals surface area contributed by atoms with Crippen LogP contribution in [0.1, 0.15) is 28.8 Å². The number of nitrogens with one attached hydrogen (secondary N) is 1. The Morgan fingerprint density at radius 2 is 2.14 bits per heavy atom. The second-order valence-corrected chi connectivity index (χ2v) is 5.95. The number of carbonyl (C=O) groups is 2. The van der Waals surface area contributed by atoms with Crippen LogP contribution in [0, 0.1) is 5.92 Å². The zero-order valence-electron chi connectivity index (χ0n) is 11.9. The summed E-state index contributed by atoms with van der Waals surface area (Å²) in [5.41, 5.74) is 1.85. The number of amides is 1. The molecule has 1 aromatic carbocycles. The maximum absolute atomic E-state index is 12.2. The smallest absolute Gasteiger partial charge is 0.320 e. The molecule has 2 aliphatic heterocycles. The van der Waals surface area contributed by atoms with Crippen molar-refractivity contribution in [2.24, 2.45) is 5.92 Å². The van der Waals surface area contributed by atoms with Gasteiger partial charge in [-0.1, -0.05) is 12.1 Å². The number of aliphatic carboxylic acids is 1. The molecule has 2 atom stereocenters. The number of hydrogen-bond acceptors (Lipinski definition) is 3. The second kappa shape index (κ2) is 5.85. The summed E-state index contributed by atoms with van der Waals surface area (Å²) in [5, 5.41) is 12.0. The van der Waals surface area contributed by atoms with E-state index in [9.17, 15) is 9.59 Å². The van der Waals surface area contributed by atoms with Gasteiger partial charge >= 0.3 is 5.97 Å². The van der Waals surface area contributed by atoms with Crippen LogP contribution in [-0.2, 0) is 11.2 Å². The van der Waals surface area contributed by atoms with Crippen LogP contribution in [0.3, 0.4) is 0 Å². The third kappa shape index (κ3) is 3.08. The van der Waals surface area contributed by atoms with Crippen LogP contribution in [0.5, 0.6) is 0 Å². The van der Waals surface area contributed by atoms with E-state index < -0.39 is 12.0 Å². The number of likely N-dealkylation sites (tertiary alicyclic amines) is 1. The zero-order chi connectivity index (χ0) is 14.8. The first-order valence-electron chi connectivity index (χ1n) is 7.48. The third-order valence-corrected chi connectivity index (χ3v) is 4.36. The predicted molar refractivity (Wildman–Crippen MR) is 78.2 cm³/mol. The normalized spacial score (nSPS) is 24.7. The van der Waals surface area contributed by atoms with Gasteiger partial charge in [-0.15, -0.1) is 0 Å². The lowest BCUT2D eigenvalue weighted by molar-refractivity contribution is -0.139. The van der Waals surface area contributed by atoms with Crippen molar-refractivity contribution in [3.8, 4) is 0 Å². The highest BCUT2D eigenvalue weighted by Crippen LogP contribution is 2.21. The van der Waals surface area contributed by atoms with Gasteiger partial charge in [-0.05, 0) is 49.4 Å². The topological polar surface area (TPSA) is 69.6 Å². The van der Waals surface area contributed by atoms with Crippen molar-refractivity contribution in [2.45, 2.75) is 25.3 Å². The molecule has 1 amide bonds. The Labute approximate surface area is 123 Å². The van der Waals surface area contributed by atoms with Crippen LogP contribution >= 0.6 is 0 Å². The number of carboxylic acid groups (broad SMARTS) is 1. The van der Waals surface area contributed by atoms with Gasteiger partial charge in [0.2, 0.25) is 0 Å². The van der Waals surface area contributed by atoms with Gasteiger partial charge in [0.25, 0.3) is 5.91 Å². The summed E-state index contributed by atoms with van der Waals surface area (Å²) in [4.78, 5) is 25.0. The van der Waals surface area contributed by atoms with Crippen molar-refractivity contribution in [1.29, 1.82) is 0 Å². The van der Waals surface area contributed by atoms with E-state index in [1.165, 1.54) is 0 Å². The molecule has 3 rings (SSSR count). The van der Waals surface area contributed by atoms with E-state index in [1.807, 2.05) is 29.2 Å². The average molecular weight is 288 g/mol. The van der Waals surface area contributed by atoms with Crippen LogP contribution in [0.2, 0.25) is 0 Å². The average Bonchev–Trinajstić information content (AvgIpc) is 2.86. The Bertz CT molecular complexity index is 554. The van der Waals surface area contributed by atoms with Crippen molar-refractivity contribution >= 4 is 11.9 Å². The monoisotopic (exact) mass is 288 g/mol. The van der Waals surface area contributed by atoms with Gasteiger partial charge in [0.1, 0.15) is 6.04 Å². The highest BCUT2D eigenvalue weighted by molar-refractivity contribution is 5.94. The van der Waals surface area contributed by atoms with Crippen LogP contribution in [0.4, 0.5) is 0 Å². The van der Waals surface area contributed by atoms with Gasteiger partial charge < -0.3 is 15.3 Å². The fourth-order valence-corrected chi connectivity index (χ4v) is 3.02. The summed E-state index contributed by atoms with van der Waals surface area (Å²) in [6.45, 7) is 2.44. The van der Waals surface area contributed by atoms with E-state index in [0.717, 1.165) is 43.6 Å². The first-order chi connectivity index (χ1) is 10.1. The summed E-state index contributed by atoms with van der Waals surface area (Å²) >= 11 is 0. The minimum absolute atomic E-state index is 0.107. The third-order valence-electron chi connectivity index (χ3n) is 4.36. The summed E-state index contributed by atoms with van der Waals surface area (Å²) in [5.74, 6) is -0.351. The molecule has 0 radical (unpaired) electrons. The van der Waals surface area contributed by atoms with E-state index in [0.29, 0.717) is 12.3 Å². The Balaban J connectivity index is 1.63. The molecule has 1 aromatic rings. The number of nitrogens with zero attached hydrogens (tertiary/aromatic N) is 1. The van der Waals surface area contributed by atoms with Crippen LogP contribution in [0.15, 0.2) is 24.3 Å². The number of carboxylic acids is 1. The Hall–Kier alpha value is -1.88. The minimum atomic E-state index is -0.779. The van der Waals surface area contributed by atoms with E-state index in [-0.39, 0.29) is 5.91 Å². The van der Waals surface area contributed by atoms with Crippen molar-refractivity contribution < 1.29 is 14.7 Å². The molecule has 0 spiro atoms. The zero-order valence-corrected chi connectivity index (χ0v) is 11.9. The Morgan fingerprint density at radius 1 is 1.33 bits per heavy atom. The van der Waals surface area contributed by atoms with Crippen molar-refractivity contribution in [3.63, 3.8) is 0 Å². The summed E-state index contributed by atoms with van der Waals surface area (Å²) in [7, 11) is 0. The maximum Gasteiger partial charge on any atom is 0.320 e. The van der Waals surface area contributed by atoms with Gasteiger partial charge in [-0.3, -0.25) is 9.59 Å². The van der Waals surface area contributed by atoms with E-state index in [1.54, 1.807) is 0 Å². The molecule has 2 aliphatic rings. The van der Waals surface area contributed by atoms with Gasteiger partial charge in [0.15, 0.2) is 0 Å². The lowest BCUT2D eigenvalue weighted by atomic mass is 9.95. The number of hydrogen-bond donors (Lipinski definition) is 2. The van der Waals surface area contributed by atoms with Gasteiger partial charge in [0.05, 0.1) is 0 Å². The molecule has 21 heavy (non-hydrogen) atoms. The quantitative estimate of drug-likeness (QED) is 0.871. The summed E-state index contributed by atoms with van der Waals surface area (Å²) < 4.78 is 0. The van der Waals surface area contributed by atoms with Crippen molar-refractivity contribution in [1.82, 2.24) is 10.2 Å². The van der Waals surface area contributed by atoms with Crippen molar-refractivity contribution in [3.05, 3.63) is 35.4 Å². The highest BCUT2D eigenvalue weighted by Gasteiger charge is 2.29. The number of benzene rings is 1. The first-order valence-corrected chi connectivity index (χ1v) is 7.48. The fraction of sp³-hybridized carbons (Fsp3) is 0.500. The summed E-state index contributed by atoms with van der Waals surface area (Å²) in [6, 6.07) is 7.31. The Kier molecular flexibility index (Phi) is 3.92. The molecule has 0 aromatic heterocycles. The lowest BCUT2D eigenvalue weighted by Crippen LogP contribution is -2.42. The molecule has 0 unspecified atom stereocenters. The standard InChI is InChI=1S/C16H20N2O3/c19-15(18-5-2-6-18)13-4-1-3-11(8-13)7-12-9-14(16(20)21)17-10-12/h1,3-4,8,12,14,17H,2,5-7,9-10H2,(H,20,21)/t12-,14+/m0/s1. The van der Waals surface area contributed by atoms with E-state index in [2.05, 4.69) is 5.32 Å². The largest absolute Gasteiger partial charge is 0.480 e. The molecule has 0 saturated carbocycles. The molecule has 5 nitrogen and oxygen atoms in total. The first kappa shape index (κ1) is 14.1. The fourth-order valence-electron chi connectivity index (χ4n) is 3.02. The van der Waals surface area contributed by atoms with Crippen LogP contribution in [0.25, 0.3) is 0 Å². The van der Waals surface area contributed by atoms with Crippen LogP contribution in [-0.4, -0.2) is 47.6 Å². The molecule has 0 bridgehead atoms. The van der Waals surface area contributed by atoms with E-state index >= 15 is 0 Å². The second-order valence-electron chi connectivity index (χ2n) is 5.95. The summed E-state index contributed by atoms with van der Waals surface area (Å²) in [6.07, 6.45) is 2.56. The Morgan fingerprint density at radius 3 is 2.76 bits per heavy atom. The highest BCUT2D eigenvalue weighted by atomic mass is 16.4. The van der Waals surface area contributed by atoms with Gasteiger partial charge in [-0.2, -0.15) is 0 Å². The van der Waals surface area contributed by atoms with Crippen molar-refractivity contribution in [2.75, 3.05) is 19.6 Å². The lowest BCUT2D eigenvalue weighted by Gasteiger charge is -2.31. The molecular formula is C16H20N2O3. The SMILES string of the molecule is O=C(O)[C@H]1C[C@H](Cc2cccc(C(=O)N3CCC3)c2)CN1. The molecule has 5 heteroatoms. The van der Waals surface area contributed by atoms with Crippen LogP contribution < -0.4 is 5.32 Å². The van der Waals surface area contributed by atoms with Gasteiger partial charge in [-0.25, -0.2) is 0 Å². The molecule has 2 heterocycles. The minimum Gasteiger partial charge on any atom is -0.480 e.